The maximum Gasteiger partial charge on any atom is 0.341 e. The van der Waals surface area contributed by atoms with Gasteiger partial charge in [0.15, 0.2) is 11.6 Å². The van der Waals surface area contributed by atoms with E-state index in [1.165, 1.54) is 6.20 Å². The lowest BCUT2D eigenvalue weighted by Crippen LogP contribution is -2.37. The summed E-state index contributed by atoms with van der Waals surface area (Å²) >= 11 is 0. The van der Waals surface area contributed by atoms with Crippen LogP contribution in [-0.4, -0.2) is 60.6 Å². The molecule has 0 spiro atoms. The summed E-state index contributed by atoms with van der Waals surface area (Å²) in [5.74, 6) is -1.89. The maximum absolute atomic E-state index is 15.9. The number of nitrogens with one attached hydrogen (secondary N) is 1. The second kappa shape index (κ2) is 7.63. The van der Waals surface area contributed by atoms with E-state index in [4.69, 9.17) is 15.2 Å². The van der Waals surface area contributed by atoms with E-state index in [2.05, 4.69) is 5.32 Å². The molecule has 1 aliphatic carbocycles. The van der Waals surface area contributed by atoms with Crippen LogP contribution >= 0.6 is 0 Å². The number of rotatable bonds is 6. The number of nitrogens with two attached hydrogens (primary N) is 1. The first kappa shape index (κ1) is 21.0. The monoisotopic (exact) mass is 446 g/mol. The summed E-state index contributed by atoms with van der Waals surface area (Å²) in [5, 5.41) is 12.7. The van der Waals surface area contributed by atoms with Gasteiger partial charge in [0, 0.05) is 25.4 Å². The first-order chi connectivity index (χ1) is 15.4. The minimum Gasteiger partial charge on any atom is -0.489 e. The summed E-state index contributed by atoms with van der Waals surface area (Å²) in [7, 11) is 1.85. The molecule has 0 bridgehead atoms. The maximum atomic E-state index is 15.9. The number of nitrogens with zero attached hydrogens (tertiary/aromatic N) is 2. The highest BCUT2D eigenvalue weighted by Gasteiger charge is 2.47. The number of carboxylic acids is 1. The summed E-state index contributed by atoms with van der Waals surface area (Å²) in [6.45, 7) is 3.11. The molecule has 3 unspecified atom stereocenters. The zero-order valence-electron chi connectivity index (χ0n) is 18.1. The van der Waals surface area contributed by atoms with Gasteiger partial charge in [-0.15, -0.1) is 0 Å². The van der Waals surface area contributed by atoms with E-state index in [-0.39, 0.29) is 53.3 Å². The van der Waals surface area contributed by atoms with Crippen LogP contribution in [0.15, 0.2) is 11.0 Å². The third-order valence-electron chi connectivity index (χ3n) is 6.79. The SMILES string of the molecule is CCOc1c(N2CC(NC)C3OCCC32)c(F)c(N)c2c(=O)c(C(=O)O)cn(C3CC3)c12. The number of benzene rings is 1. The molecule has 32 heavy (non-hydrogen) atoms. The van der Waals surface area contributed by atoms with Gasteiger partial charge in [0.2, 0.25) is 5.43 Å². The Balaban J connectivity index is 1.84. The van der Waals surface area contributed by atoms with Crippen LogP contribution in [0.4, 0.5) is 15.8 Å². The fourth-order valence-corrected chi connectivity index (χ4v) is 5.18. The molecule has 9 nitrogen and oxygen atoms in total. The molecule has 2 saturated heterocycles. The Labute approximate surface area is 183 Å². The molecule has 10 heteroatoms. The van der Waals surface area contributed by atoms with Crippen molar-refractivity contribution in [2.75, 3.05) is 37.4 Å². The van der Waals surface area contributed by atoms with Crippen molar-refractivity contribution in [3.8, 4) is 5.75 Å². The Morgan fingerprint density at radius 3 is 2.78 bits per heavy atom. The Bertz CT molecular complexity index is 1160. The second-order valence-corrected chi connectivity index (χ2v) is 8.62. The molecule has 0 radical (unpaired) electrons. The molecule has 2 aromatic rings. The predicted octanol–water partition coefficient (Wildman–Crippen LogP) is 1.72. The Morgan fingerprint density at radius 2 is 2.16 bits per heavy atom. The van der Waals surface area contributed by atoms with Crippen LogP contribution in [0.5, 0.6) is 5.75 Å². The van der Waals surface area contributed by atoms with Crippen LogP contribution in [0.2, 0.25) is 0 Å². The largest absolute Gasteiger partial charge is 0.489 e. The smallest absolute Gasteiger partial charge is 0.341 e. The second-order valence-electron chi connectivity index (χ2n) is 8.62. The average molecular weight is 446 g/mol. The lowest BCUT2D eigenvalue weighted by atomic mass is 10.0. The molecule has 5 rings (SSSR count). The highest BCUT2D eigenvalue weighted by Crippen LogP contribution is 2.48. The van der Waals surface area contributed by atoms with Crippen molar-refractivity contribution in [3.05, 3.63) is 27.8 Å². The number of fused-ring (bicyclic) bond motifs is 2. The Hall–Kier alpha value is -2.85. The molecule has 1 aromatic heterocycles. The molecular weight excluding hydrogens is 419 g/mol. The molecule has 4 N–H and O–H groups in total. The summed E-state index contributed by atoms with van der Waals surface area (Å²) < 4.78 is 29.5. The van der Waals surface area contributed by atoms with Gasteiger partial charge in [-0.2, -0.15) is 0 Å². The number of likely N-dealkylation sites (N-methyl/N-ethyl adjacent to an activating group) is 1. The fraction of sp³-hybridized carbons (Fsp3) is 0.545. The molecule has 3 atom stereocenters. The molecule has 1 aromatic carbocycles. The van der Waals surface area contributed by atoms with E-state index in [1.54, 1.807) is 11.5 Å². The predicted molar refractivity (Wildman–Crippen MR) is 117 cm³/mol. The van der Waals surface area contributed by atoms with Crippen LogP contribution in [0.25, 0.3) is 10.9 Å². The average Bonchev–Trinajstić information content (AvgIpc) is 3.39. The molecule has 3 fully saturated rings. The number of ether oxygens (including phenoxy) is 2. The van der Waals surface area contributed by atoms with E-state index in [0.717, 1.165) is 19.3 Å². The van der Waals surface area contributed by atoms with Crippen molar-refractivity contribution < 1.29 is 23.8 Å². The zero-order chi connectivity index (χ0) is 22.7. The standard InChI is InChI=1S/C22H27FN4O5/c1-3-31-21-17-14(19(28)11(22(29)30)8-26(17)10-4-5-10)16(24)15(23)18(21)27-9-12(25-2)20-13(27)6-7-32-20/h8,10,12-13,20,25H,3-7,9,24H2,1-2H3,(H,29,30). The number of carboxylic acid groups (broad SMARTS) is 1. The molecular formula is C22H27FN4O5. The third kappa shape index (κ3) is 2.96. The first-order valence-corrected chi connectivity index (χ1v) is 11.0. The number of aromatic carboxylic acids is 1. The van der Waals surface area contributed by atoms with Gasteiger partial charge in [-0.25, -0.2) is 9.18 Å². The quantitative estimate of drug-likeness (QED) is 0.574. The molecule has 172 valence electrons. The van der Waals surface area contributed by atoms with E-state index < -0.39 is 22.8 Å². The Kier molecular flexibility index (Phi) is 5.01. The molecule has 1 saturated carbocycles. The lowest BCUT2D eigenvalue weighted by Gasteiger charge is -2.29. The minimum atomic E-state index is -1.37. The van der Waals surface area contributed by atoms with E-state index in [0.29, 0.717) is 18.7 Å². The number of carbonyl (C=O) groups is 1. The number of aromatic nitrogens is 1. The van der Waals surface area contributed by atoms with Gasteiger partial charge < -0.3 is 35.1 Å². The van der Waals surface area contributed by atoms with Gasteiger partial charge >= 0.3 is 5.97 Å². The number of pyridine rings is 1. The topological polar surface area (TPSA) is 119 Å². The lowest BCUT2D eigenvalue weighted by molar-refractivity contribution is 0.0694. The minimum absolute atomic E-state index is 0.00769. The van der Waals surface area contributed by atoms with Crippen molar-refractivity contribution in [1.82, 2.24) is 9.88 Å². The van der Waals surface area contributed by atoms with Gasteiger partial charge in [0.1, 0.15) is 11.3 Å². The van der Waals surface area contributed by atoms with E-state index >= 15 is 4.39 Å². The van der Waals surface area contributed by atoms with Gasteiger partial charge in [-0.05, 0) is 33.2 Å². The third-order valence-corrected chi connectivity index (χ3v) is 6.79. The van der Waals surface area contributed by atoms with Crippen LogP contribution in [0.1, 0.15) is 42.6 Å². The van der Waals surface area contributed by atoms with Crippen LogP contribution < -0.4 is 26.1 Å². The molecule has 3 heterocycles. The summed E-state index contributed by atoms with van der Waals surface area (Å²) in [6, 6.07) is -0.0370. The van der Waals surface area contributed by atoms with Crippen LogP contribution in [0, 0.1) is 5.82 Å². The van der Waals surface area contributed by atoms with Gasteiger partial charge in [0.25, 0.3) is 0 Å². The molecule has 3 aliphatic rings. The zero-order valence-corrected chi connectivity index (χ0v) is 18.1. The van der Waals surface area contributed by atoms with Crippen molar-refractivity contribution >= 4 is 28.2 Å². The van der Waals surface area contributed by atoms with Gasteiger partial charge in [0.05, 0.1) is 41.4 Å². The summed E-state index contributed by atoms with van der Waals surface area (Å²) in [5.41, 5.74) is 5.21. The van der Waals surface area contributed by atoms with E-state index in [1.807, 2.05) is 11.9 Å². The number of nitrogen functional groups attached to an aromatic ring is 1. The van der Waals surface area contributed by atoms with Crippen molar-refractivity contribution in [2.45, 2.75) is 50.4 Å². The normalized spacial score (nSPS) is 24.8. The van der Waals surface area contributed by atoms with Crippen LogP contribution in [0.3, 0.4) is 0 Å². The molecule has 0 amide bonds. The van der Waals surface area contributed by atoms with Crippen molar-refractivity contribution in [2.24, 2.45) is 0 Å². The molecule has 2 aliphatic heterocycles. The van der Waals surface area contributed by atoms with Gasteiger partial charge in [-0.3, -0.25) is 4.79 Å². The highest BCUT2D eigenvalue weighted by atomic mass is 19.1. The van der Waals surface area contributed by atoms with Crippen molar-refractivity contribution in [3.63, 3.8) is 0 Å². The number of hydrogen-bond acceptors (Lipinski definition) is 7. The van der Waals surface area contributed by atoms with Gasteiger partial charge in [-0.1, -0.05) is 0 Å². The Morgan fingerprint density at radius 1 is 1.41 bits per heavy atom. The summed E-state index contributed by atoms with van der Waals surface area (Å²) in [6.07, 6.45) is 3.65. The number of hydrogen-bond donors (Lipinski definition) is 3. The van der Waals surface area contributed by atoms with Crippen LogP contribution in [-0.2, 0) is 4.74 Å². The van der Waals surface area contributed by atoms with E-state index in [9.17, 15) is 14.7 Å². The summed E-state index contributed by atoms with van der Waals surface area (Å²) in [4.78, 5) is 26.7. The number of anilines is 2. The highest BCUT2D eigenvalue weighted by molar-refractivity contribution is 6.03. The number of halogens is 1. The van der Waals surface area contributed by atoms with Crippen molar-refractivity contribution in [1.29, 1.82) is 0 Å². The first-order valence-electron chi connectivity index (χ1n) is 11.0. The fourth-order valence-electron chi connectivity index (χ4n) is 5.18.